The molecule has 1 nitrogen and oxygen atoms in total. The van der Waals surface area contributed by atoms with Crippen LogP contribution in [0, 0.1) is 11.8 Å². The van der Waals surface area contributed by atoms with Crippen LogP contribution < -0.4 is 0 Å². The zero-order valence-corrected chi connectivity index (χ0v) is 6.30. The molecule has 0 saturated heterocycles. The molecule has 54 valence electrons. The van der Waals surface area contributed by atoms with Gasteiger partial charge in [-0.05, 0) is 31.1 Å². The van der Waals surface area contributed by atoms with Crippen molar-refractivity contribution < 1.29 is 5.11 Å². The fraction of sp³-hybridized carbons (Fsp3) is 1.00. The van der Waals surface area contributed by atoms with Crippen LogP contribution in [0.5, 0.6) is 0 Å². The molecular formula is C8H16O. The van der Waals surface area contributed by atoms with Crippen LogP contribution in [-0.2, 0) is 0 Å². The summed E-state index contributed by atoms with van der Waals surface area (Å²) in [5.41, 5.74) is 0. The number of hydrogen-bond donors (Lipinski definition) is 1. The van der Waals surface area contributed by atoms with E-state index in [9.17, 15) is 5.11 Å². The van der Waals surface area contributed by atoms with E-state index in [0.717, 1.165) is 24.7 Å². The molecule has 1 saturated carbocycles. The second-order valence-electron chi connectivity index (χ2n) is 3.42. The number of aliphatic hydroxyl groups excluding tert-OH is 1. The molecule has 0 aromatic rings. The second-order valence-corrected chi connectivity index (χ2v) is 3.42. The van der Waals surface area contributed by atoms with E-state index in [2.05, 4.69) is 13.8 Å². The van der Waals surface area contributed by atoms with Crippen molar-refractivity contribution in [2.24, 2.45) is 11.8 Å². The maximum Gasteiger partial charge on any atom is 0.0543 e. The Hall–Kier alpha value is -0.0400. The van der Waals surface area contributed by atoms with Gasteiger partial charge in [0.25, 0.3) is 0 Å². The lowest BCUT2D eigenvalue weighted by atomic mass is 9.80. The molecule has 9 heavy (non-hydrogen) atoms. The maximum absolute atomic E-state index is 9.20. The summed E-state index contributed by atoms with van der Waals surface area (Å²) in [4.78, 5) is 0. The van der Waals surface area contributed by atoms with E-state index >= 15 is 0 Å². The van der Waals surface area contributed by atoms with Crippen LogP contribution in [0.25, 0.3) is 0 Å². The fourth-order valence-corrected chi connectivity index (χ4v) is 1.52. The molecule has 0 aromatic carbocycles. The third kappa shape index (κ3) is 1.68. The minimum atomic E-state index is -0.00352. The van der Waals surface area contributed by atoms with Gasteiger partial charge in [-0.2, -0.15) is 0 Å². The minimum Gasteiger partial charge on any atom is -0.393 e. The minimum absolute atomic E-state index is 0.00352. The fourth-order valence-electron chi connectivity index (χ4n) is 1.52. The normalized spacial score (nSPS) is 45.0. The van der Waals surface area contributed by atoms with Crippen LogP contribution >= 0.6 is 0 Å². The highest BCUT2D eigenvalue weighted by Crippen LogP contribution is 2.28. The third-order valence-corrected chi connectivity index (χ3v) is 2.57. The molecule has 1 aliphatic rings. The number of hydrogen-bond acceptors (Lipinski definition) is 1. The van der Waals surface area contributed by atoms with Crippen molar-refractivity contribution in [3.63, 3.8) is 0 Å². The summed E-state index contributed by atoms with van der Waals surface area (Å²) in [6.45, 7) is 4.50. The Kier molecular flexibility index (Phi) is 2.12. The van der Waals surface area contributed by atoms with Gasteiger partial charge in [-0.1, -0.05) is 13.8 Å². The third-order valence-electron chi connectivity index (χ3n) is 2.57. The van der Waals surface area contributed by atoms with Gasteiger partial charge in [0, 0.05) is 0 Å². The summed E-state index contributed by atoms with van der Waals surface area (Å²) < 4.78 is 0. The highest BCUT2D eigenvalue weighted by atomic mass is 16.3. The molecule has 1 heteroatoms. The largest absolute Gasteiger partial charge is 0.393 e. The molecule has 1 rings (SSSR count). The molecule has 3 atom stereocenters. The van der Waals surface area contributed by atoms with Crippen LogP contribution in [-0.4, -0.2) is 11.2 Å². The van der Waals surface area contributed by atoms with E-state index < -0.39 is 0 Å². The monoisotopic (exact) mass is 128 g/mol. The van der Waals surface area contributed by atoms with Crippen molar-refractivity contribution >= 4 is 0 Å². The molecular weight excluding hydrogens is 112 g/mol. The SMILES string of the molecule is CC1CC[C@@H](O)CC1C. The molecule has 1 aliphatic carbocycles. The van der Waals surface area contributed by atoms with Crippen molar-refractivity contribution in [1.29, 1.82) is 0 Å². The topological polar surface area (TPSA) is 20.2 Å². The number of aliphatic hydroxyl groups is 1. The quantitative estimate of drug-likeness (QED) is 0.527. The Morgan fingerprint density at radius 3 is 2.22 bits per heavy atom. The van der Waals surface area contributed by atoms with Crippen LogP contribution in [0.3, 0.4) is 0 Å². The van der Waals surface area contributed by atoms with Crippen molar-refractivity contribution in [1.82, 2.24) is 0 Å². The lowest BCUT2D eigenvalue weighted by Gasteiger charge is -2.28. The molecule has 2 unspecified atom stereocenters. The lowest BCUT2D eigenvalue weighted by molar-refractivity contribution is 0.0807. The molecule has 1 fully saturated rings. The molecule has 1 N–H and O–H groups in total. The first-order chi connectivity index (χ1) is 4.20. The predicted molar refractivity (Wildman–Crippen MR) is 38.2 cm³/mol. The van der Waals surface area contributed by atoms with Crippen LogP contribution in [0.4, 0.5) is 0 Å². The smallest absolute Gasteiger partial charge is 0.0543 e. The van der Waals surface area contributed by atoms with Gasteiger partial charge in [-0.25, -0.2) is 0 Å². The van der Waals surface area contributed by atoms with E-state index in [1.807, 2.05) is 0 Å². The number of rotatable bonds is 0. The Morgan fingerprint density at radius 1 is 1.11 bits per heavy atom. The summed E-state index contributed by atoms with van der Waals surface area (Å²) in [6.07, 6.45) is 3.24. The van der Waals surface area contributed by atoms with Gasteiger partial charge in [0.05, 0.1) is 6.10 Å². The van der Waals surface area contributed by atoms with E-state index in [1.54, 1.807) is 0 Å². The first-order valence-electron chi connectivity index (χ1n) is 3.88. The zero-order chi connectivity index (χ0) is 6.85. The van der Waals surface area contributed by atoms with Crippen molar-refractivity contribution in [3.05, 3.63) is 0 Å². The van der Waals surface area contributed by atoms with Crippen LogP contribution in [0.15, 0.2) is 0 Å². The highest BCUT2D eigenvalue weighted by molar-refractivity contribution is 4.73. The maximum atomic E-state index is 9.20. The standard InChI is InChI=1S/C8H16O/c1-6-3-4-8(9)5-7(6)2/h6-9H,3-5H2,1-2H3/t6?,7?,8-/m1/s1. The molecule has 0 heterocycles. The van der Waals surface area contributed by atoms with Gasteiger partial charge in [0.2, 0.25) is 0 Å². The molecule has 0 radical (unpaired) electrons. The summed E-state index contributed by atoms with van der Waals surface area (Å²) in [6, 6.07) is 0. The molecule has 0 amide bonds. The van der Waals surface area contributed by atoms with E-state index in [0.29, 0.717) is 0 Å². The zero-order valence-electron chi connectivity index (χ0n) is 6.30. The van der Waals surface area contributed by atoms with Gasteiger partial charge in [-0.3, -0.25) is 0 Å². The highest BCUT2D eigenvalue weighted by Gasteiger charge is 2.22. The Morgan fingerprint density at radius 2 is 1.78 bits per heavy atom. The lowest BCUT2D eigenvalue weighted by Crippen LogP contribution is -2.23. The van der Waals surface area contributed by atoms with Gasteiger partial charge < -0.3 is 5.11 Å². The van der Waals surface area contributed by atoms with E-state index in [1.165, 1.54) is 6.42 Å². The van der Waals surface area contributed by atoms with Crippen molar-refractivity contribution in [2.45, 2.75) is 39.2 Å². The molecule has 0 spiro atoms. The van der Waals surface area contributed by atoms with Gasteiger partial charge >= 0.3 is 0 Å². The summed E-state index contributed by atoms with van der Waals surface area (Å²) in [5.74, 6) is 1.56. The first-order valence-corrected chi connectivity index (χ1v) is 3.88. The van der Waals surface area contributed by atoms with E-state index in [-0.39, 0.29) is 6.10 Å². The second kappa shape index (κ2) is 2.70. The molecule has 0 aromatic heterocycles. The average molecular weight is 128 g/mol. The van der Waals surface area contributed by atoms with Gasteiger partial charge in [0.15, 0.2) is 0 Å². The van der Waals surface area contributed by atoms with Crippen molar-refractivity contribution in [3.8, 4) is 0 Å². The predicted octanol–water partition coefficient (Wildman–Crippen LogP) is 1.80. The summed E-state index contributed by atoms with van der Waals surface area (Å²) in [7, 11) is 0. The summed E-state index contributed by atoms with van der Waals surface area (Å²) in [5, 5.41) is 9.20. The molecule has 0 bridgehead atoms. The van der Waals surface area contributed by atoms with Crippen LogP contribution in [0.1, 0.15) is 33.1 Å². The van der Waals surface area contributed by atoms with Crippen molar-refractivity contribution in [2.75, 3.05) is 0 Å². The van der Waals surface area contributed by atoms with E-state index in [4.69, 9.17) is 0 Å². The Labute approximate surface area is 57.1 Å². The van der Waals surface area contributed by atoms with Gasteiger partial charge in [-0.15, -0.1) is 0 Å². The first kappa shape index (κ1) is 7.07. The molecule has 0 aliphatic heterocycles. The van der Waals surface area contributed by atoms with Crippen LogP contribution in [0.2, 0.25) is 0 Å². The summed E-state index contributed by atoms with van der Waals surface area (Å²) >= 11 is 0. The Bertz CT molecular complexity index is 90.6. The van der Waals surface area contributed by atoms with Gasteiger partial charge in [0.1, 0.15) is 0 Å². The Balaban J connectivity index is 2.35. The average Bonchev–Trinajstić information content (AvgIpc) is 1.80.